The number of aryl methyl sites for hydroxylation is 1. The predicted molar refractivity (Wildman–Crippen MR) is 61.0 cm³/mol. The highest BCUT2D eigenvalue weighted by Gasteiger charge is 2.11. The van der Waals surface area contributed by atoms with Gasteiger partial charge >= 0.3 is 5.97 Å². The molecule has 0 bridgehead atoms. The number of amides is 1. The van der Waals surface area contributed by atoms with Gasteiger partial charge in [0.15, 0.2) is 5.69 Å². The minimum atomic E-state index is -1.02. The number of hydrogen-bond acceptors (Lipinski definition) is 4. The van der Waals surface area contributed by atoms with Crippen molar-refractivity contribution in [3.63, 3.8) is 0 Å². The van der Waals surface area contributed by atoms with Gasteiger partial charge in [-0.3, -0.25) is 19.0 Å². The zero-order valence-corrected chi connectivity index (χ0v) is 9.57. The van der Waals surface area contributed by atoms with Crippen molar-refractivity contribution in [3.8, 4) is 0 Å². The fourth-order valence-corrected chi connectivity index (χ4v) is 1.39. The molecule has 8 heteroatoms. The molecule has 8 nitrogen and oxygen atoms in total. The van der Waals surface area contributed by atoms with Crippen molar-refractivity contribution in [1.29, 1.82) is 0 Å². The number of nitrogens with zero attached hydrogens (tertiary/aromatic N) is 4. The summed E-state index contributed by atoms with van der Waals surface area (Å²) in [6.45, 7) is -0.278. The molecule has 2 rings (SSSR count). The van der Waals surface area contributed by atoms with Crippen LogP contribution in [0, 0.1) is 0 Å². The smallest absolute Gasteiger partial charge is 0.325 e. The van der Waals surface area contributed by atoms with Gasteiger partial charge in [0, 0.05) is 19.4 Å². The van der Waals surface area contributed by atoms with Crippen LogP contribution in [0.4, 0.5) is 5.69 Å². The largest absolute Gasteiger partial charge is 0.480 e. The molecule has 0 aliphatic carbocycles. The fraction of sp³-hybridized carbons (Fsp3) is 0.200. The van der Waals surface area contributed by atoms with E-state index >= 15 is 0 Å². The summed E-state index contributed by atoms with van der Waals surface area (Å²) in [5.41, 5.74) is 0.704. The number of carbonyl (C=O) groups is 2. The summed E-state index contributed by atoms with van der Waals surface area (Å²) in [5.74, 6) is -1.43. The van der Waals surface area contributed by atoms with E-state index in [0.29, 0.717) is 5.69 Å². The third-order valence-corrected chi connectivity index (χ3v) is 2.13. The average Bonchev–Trinajstić information content (AvgIpc) is 2.87. The van der Waals surface area contributed by atoms with Crippen LogP contribution in [0.5, 0.6) is 0 Å². The maximum atomic E-state index is 11.8. The van der Waals surface area contributed by atoms with Gasteiger partial charge in [0.05, 0.1) is 11.9 Å². The standard InChI is InChI=1S/C10H11N5O3/c1-14-5-7(4-11-14)12-10(18)8-2-3-15(13-8)6-9(16)17/h2-5H,6H2,1H3,(H,12,18)(H,16,17). The van der Waals surface area contributed by atoms with Crippen LogP contribution in [-0.2, 0) is 18.4 Å². The molecule has 18 heavy (non-hydrogen) atoms. The van der Waals surface area contributed by atoms with Crippen molar-refractivity contribution in [3.05, 3.63) is 30.4 Å². The molecule has 0 aliphatic heterocycles. The Bertz CT molecular complexity index is 586. The lowest BCUT2D eigenvalue weighted by atomic mass is 10.4. The monoisotopic (exact) mass is 249 g/mol. The molecule has 2 aromatic rings. The lowest BCUT2D eigenvalue weighted by Gasteiger charge is -1.98. The van der Waals surface area contributed by atoms with Crippen molar-refractivity contribution >= 4 is 17.6 Å². The molecule has 0 atom stereocenters. The Hall–Kier alpha value is -2.64. The molecule has 94 valence electrons. The number of anilines is 1. The minimum absolute atomic E-state index is 0.153. The summed E-state index contributed by atoms with van der Waals surface area (Å²) in [7, 11) is 1.73. The SMILES string of the molecule is Cn1cc(NC(=O)c2ccn(CC(=O)O)n2)cn1. The first-order chi connectivity index (χ1) is 8.54. The Balaban J connectivity index is 2.05. The molecule has 2 heterocycles. The number of nitrogens with one attached hydrogen (secondary N) is 1. The summed E-state index contributed by atoms with van der Waals surface area (Å²) < 4.78 is 2.74. The van der Waals surface area contributed by atoms with Gasteiger partial charge in [-0.2, -0.15) is 10.2 Å². The summed E-state index contributed by atoms with van der Waals surface area (Å²) in [6.07, 6.45) is 4.59. The molecular weight excluding hydrogens is 238 g/mol. The van der Waals surface area contributed by atoms with Crippen LogP contribution < -0.4 is 5.32 Å². The highest BCUT2D eigenvalue weighted by atomic mass is 16.4. The van der Waals surface area contributed by atoms with E-state index in [1.54, 1.807) is 17.9 Å². The molecule has 1 amide bonds. The maximum absolute atomic E-state index is 11.8. The van der Waals surface area contributed by atoms with Gasteiger partial charge in [0.2, 0.25) is 0 Å². The number of carboxylic acids is 1. The Morgan fingerprint density at radius 2 is 2.28 bits per heavy atom. The lowest BCUT2D eigenvalue weighted by Crippen LogP contribution is -2.14. The molecule has 0 unspecified atom stereocenters. The Morgan fingerprint density at radius 3 is 2.89 bits per heavy atom. The first-order valence-electron chi connectivity index (χ1n) is 5.10. The molecule has 0 saturated carbocycles. The second kappa shape index (κ2) is 4.70. The molecule has 0 radical (unpaired) electrons. The third kappa shape index (κ3) is 2.73. The number of hydrogen-bond donors (Lipinski definition) is 2. The van der Waals surface area contributed by atoms with Crippen molar-refractivity contribution < 1.29 is 14.7 Å². The van der Waals surface area contributed by atoms with Crippen molar-refractivity contribution in [2.24, 2.45) is 7.05 Å². The normalized spacial score (nSPS) is 10.3. The van der Waals surface area contributed by atoms with Gasteiger partial charge in [0.25, 0.3) is 5.91 Å². The molecule has 0 spiro atoms. The fourth-order valence-electron chi connectivity index (χ4n) is 1.39. The molecule has 2 N–H and O–H groups in total. The van der Waals surface area contributed by atoms with Gasteiger partial charge in [-0.05, 0) is 6.07 Å². The van der Waals surface area contributed by atoms with Crippen LogP contribution in [0.2, 0.25) is 0 Å². The molecule has 0 aromatic carbocycles. The Morgan fingerprint density at radius 1 is 1.50 bits per heavy atom. The Labute approximate surface area is 102 Å². The van der Waals surface area contributed by atoms with Gasteiger partial charge in [-0.1, -0.05) is 0 Å². The zero-order chi connectivity index (χ0) is 13.1. The molecule has 0 aliphatic rings. The van der Waals surface area contributed by atoms with E-state index < -0.39 is 11.9 Å². The lowest BCUT2D eigenvalue weighted by molar-refractivity contribution is -0.137. The van der Waals surface area contributed by atoms with Gasteiger partial charge in [-0.25, -0.2) is 0 Å². The quantitative estimate of drug-likeness (QED) is 0.791. The molecule has 0 fully saturated rings. The summed E-state index contributed by atoms with van der Waals surface area (Å²) in [4.78, 5) is 22.2. The van der Waals surface area contributed by atoms with Crippen molar-refractivity contribution in [2.45, 2.75) is 6.54 Å². The Kier molecular flexibility index (Phi) is 3.09. The average molecular weight is 249 g/mol. The van der Waals surface area contributed by atoms with Gasteiger partial charge in [-0.15, -0.1) is 0 Å². The van der Waals surface area contributed by atoms with Crippen LogP contribution in [0.15, 0.2) is 24.7 Å². The van der Waals surface area contributed by atoms with Crippen LogP contribution in [-0.4, -0.2) is 36.5 Å². The number of aromatic nitrogens is 4. The number of carbonyl (C=O) groups excluding carboxylic acids is 1. The van der Waals surface area contributed by atoms with E-state index in [-0.39, 0.29) is 12.2 Å². The van der Waals surface area contributed by atoms with E-state index in [0.717, 1.165) is 0 Å². The first kappa shape index (κ1) is 11.8. The summed E-state index contributed by atoms with van der Waals surface area (Å²) in [5, 5.41) is 18.9. The topological polar surface area (TPSA) is 102 Å². The van der Waals surface area contributed by atoms with Crippen molar-refractivity contribution in [2.75, 3.05) is 5.32 Å². The number of aliphatic carboxylic acids is 1. The number of carboxylic acid groups (broad SMARTS) is 1. The third-order valence-electron chi connectivity index (χ3n) is 2.13. The minimum Gasteiger partial charge on any atom is -0.480 e. The maximum Gasteiger partial charge on any atom is 0.325 e. The molecule has 0 saturated heterocycles. The van der Waals surface area contributed by atoms with E-state index in [4.69, 9.17) is 5.11 Å². The van der Waals surface area contributed by atoms with E-state index in [1.165, 1.54) is 23.1 Å². The van der Waals surface area contributed by atoms with E-state index in [2.05, 4.69) is 15.5 Å². The second-order valence-corrected chi connectivity index (χ2v) is 3.65. The van der Waals surface area contributed by atoms with Crippen molar-refractivity contribution in [1.82, 2.24) is 19.6 Å². The second-order valence-electron chi connectivity index (χ2n) is 3.65. The summed E-state index contributed by atoms with van der Waals surface area (Å²) in [6, 6.07) is 1.45. The van der Waals surface area contributed by atoms with Gasteiger partial charge in [0.1, 0.15) is 6.54 Å². The molecule has 2 aromatic heterocycles. The zero-order valence-electron chi connectivity index (χ0n) is 9.57. The highest BCUT2D eigenvalue weighted by molar-refractivity contribution is 6.02. The van der Waals surface area contributed by atoms with E-state index in [9.17, 15) is 9.59 Å². The van der Waals surface area contributed by atoms with Crippen LogP contribution in [0.25, 0.3) is 0 Å². The highest BCUT2D eigenvalue weighted by Crippen LogP contribution is 2.06. The predicted octanol–water partition coefficient (Wildman–Crippen LogP) is -0.0465. The van der Waals surface area contributed by atoms with E-state index in [1.807, 2.05) is 0 Å². The van der Waals surface area contributed by atoms with Gasteiger partial charge < -0.3 is 10.4 Å². The first-order valence-corrected chi connectivity index (χ1v) is 5.10. The summed E-state index contributed by atoms with van der Waals surface area (Å²) >= 11 is 0. The van der Waals surface area contributed by atoms with Crippen LogP contribution in [0.3, 0.4) is 0 Å². The number of rotatable bonds is 4. The van der Waals surface area contributed by atoms with Crippen LogP contribution >= 0.6 is 0 Å². The molecular formula is C10H11N5O3. The van der Waals surface area contributed by atoms with Crippen LogP contribution in [0.1, 0.15) is 10.5 Å².